The van der Waals surface area contributed by atoms with Crippen LogP contribution in [0.4, 0.5) is 0 Å². The molecule has 1 fully saturated rings. The molecule has 2 N–H and O–H groups in total. The second-order valence-electron chi connectivity index (χ2n) is 3.65. The molecule has 0 bridgehead atoms. The van der Waals surface area contributed by atoms with E-state index >= 15 is 0 Å². The predicted octanol–water partition coefficient (Wildman–Crippen LogP) is -0.0867. The van der Waals surface area contributed by atoms with Gasteiger partial charge in [0.05, 0.1) is 18.6 Å². The maximum atomic E-state index is 11.3. The van der Waals surface area contributed by atoms with Crippen LogP contribution in [0.1, 0.15) is 13.8 Å². The van der Waals surface area contributed by atoms with Crippen molar-refractivity contribution in [3.63, 3.8) is 0 Å². The van der Waals surface area contributed by atoms with E-state index in [0.29, 0.717) is 19.8 Å². The Balaban J connectivity index is 2.35. The zero-order valence-electron chi connectivity index (χ0n) is 7.50. The molecule has 0 spiro atoms. The van der Waals surface area contributed by atoms with Crippen molar-refractivity contribution in [2.24, 2.45) is 11.1 Å². The van der Waals surface area contributed by atoms with Crippen molar-refractivity contribution in [1.82, 2.24) is 0 Å². The average Bonchev–Trinajstić information content (AvgIpc) is 1.96. The number of rotatable bonds is 3. The van der Waals surface area contributed by atoms with Gasteiger partial charge in [0, 0.05) is 6.54 Å². The molecule has 1 heterocycles. The third-order valence-electron chi connectivity index (χ3n) is 1.94. The Morgan fingerprint density at radius 3 is 2.58 bits per heavy atom. The van der Waals surface area contributed by atoms with Gasteiger partial charge in [-0.25, -0.2) is 0 Å². The Hall–Kier alpha value is -0.610. The Morgan fingerprint density at radius 1 is 1.67 bits per heavy atom. The molecule has 1 aliphatic heterocycles. The summed E-state index contributed by atoms with van der Waals surface area (Å²) in [6.45, 7) is 4.89. The zero-order chi connectivity index (χ0) is 9.19. The van der Waals surface area contributed by atoms with Crippen molar-refractivity contribution >= 4 is 5.97 Å². The van der Waals surface area contributed by atoms with Crippen LogP contribution in [0.2, 0.25) is 0 Å². The van der Waals surface area contributed by atoms with Crippen molar-refractivity contribution in [2.45, 2.75) is 20.0 Å². The minimum absolute atomic E-state index is 0.0525. The van der Waals surface area contributed by atoms with Crippen LogP contribution < -0.4 is 5.73 Å². The van der Waals surface area contributed by atoms with Crippen LogP contribution in [-0.4, -0.2) is 31.8 Å². The fraction of sp³-hybridized carbons (Fsp3) is 0.875. The summed E-state index contributed by atoms with van der Waals surface area (Å²) in [7, 11) is 0. The van der Waals surface area contributed by atoms with E-state index in [0.717, 1.165) is 0 Å². The van der Waals surface area contributed by atoms with Gasteiger partial charge in [-0.15, -0.1) is 0 Å². The normalized spacial score (nSPS) is 18.6. The largest absolute Gasteiger partial charge is 0.457 e. The van der Waals surface area contributed by atoms with Crippen molar-refractivity contribution in [2.75, 3.05) is 19.8 Å². The number of carbonyl (C=O) groups is 1. The minimum Gasteiger partial charge on any atom is -0.457 e. The van der Waals surface area contributed by atoms with Crippen LogP contribution in [0, 0.1) is 5.41 Å². The van der Waals surface area contributed by atoms with E-state index in [1.165, 1.54) is 0 Å². The molecule has 0 aliphatic carbocycles. The van der Waals surface area contributed by atoms with Gasteiger partial charge in [0.15, 0.2) is 0 Å². The molecule has 0 radical (unpaired) electrons. The van der Waals surface area contributed by atoms with Crippen molar-refractivity contribution in [3.05, 3.63) is 0 Å². The minimum atomic E-state index is -0.574. The van der Waals surface area contributed by atoms with Crippen LogP contribution in [-0.2, 0) is 14.3 Å². The lowest BCUT2D eigenvalue weighted by atomic mass is 9.94. The molecule has 0 aromatic carbocycles. The molecule has 0 aromatic rings. The topological polar surface area (TPSA) is 61.6 Å². The summed E-state index contributed by atoms with van der Waals surface area (Å²) in [5, 5.41) is 0. The van der Waals surface area contributed by atoms with E-state index in [1.807, 2.05) is 0 Å². The number of hydrogen-bond donors (Lipinski definition) is 1. The quantitative estimate of drug-likeness (QED) is 0.606. The predicted molar refractivity (Wildman–Crippen MR) is 43.5 cm³/mol. The third kappa shape index (κ3) is 1.95. The van der Waals surface area contributed by atoms with E-state index < -0.39 is 5.41 Å². The molecule has 1 saturated heterocycles. The van der Waals surface area contributed by atoms with E-state index in [4.69, 9.17) is 15.2 Å². The second kappa shape index (κ2) is 3.41. The smallest absolute Gasteiger partial charge is 0.313 e. The van der Waals surface area contributed by atoms with Gasteiger partial charge in [0.25, 0.3) is 0 Å². The number of nitrogens with two attached hydrogens (primary N) is 1. The highest BCUT2D eigenvalue weighted by Gasteiger charge is 2.32. The Morgan fingerprint density at radius 2 is 2.25 bits per heavy atom. The molecule has 0 saturated carbocycles. The number of ether oxygens (including phenoxy) is 2. The molecular formula is C8H15NO3. The van der Waals surface area contributed by atoms with Gasteiger partial charge in [0.2, 0.25) is 0 Å². The summed E-state index contributed by atoms with van der Waals surface area (Å²) in [6, 6.07) is 0. The Labute approximate surface area is 72.0 Å². The first kappa shape index (κ1) is 9.48. The van der Waals surface area contributed by atoms with Gasteiger partial charge < -0.3 is 15.2 Å². The lowest BCUT2D eigenvalue weighted by molar-refractivity contribution is -0.181. The van der Waals surface area contributed by atoms with Crippen LogP contribution in [0.15, 0.2) is 0 Å². The SMILES string of the molecule is CC(C)(CN)C(=O)OC1COC1. The summed E-state index contributed by atoms with van der Waals surface area (Å²) < 4.78 is 9.97. The molecule has 1 aliphatic rings. The first-order valence-electron chi connectivity index (χ1n) is 4.05. The fourth-order valence-electron chi connectivity index (χ4n) is 0.676. The summed E-state index contributed by atoms with van der Waals surface area (Å²) >= 11 is 0. The van der Waals surface area contributed by atoms with Crippen molar-refractivity contribution in [1.29, 1.82) is 0 Å². The highest BCUT2D eigenvalue weighted by atomic mass is 16.6. The number of hydrogen-bond acceptors (Lipinski definition) is 4. The van der Waals surface area contributed by atoms with Crippen molar-refractivity contribution < 1.29 is 14.3 Å². The summed E-state index contributed by atoms with van der Waals surface area (Å²) in [6.07, 6.45) is -0.0525. The van der Waals surface area contributed by atoms with Crippen LogP contribution in [0.5, 0.6) is 0 Å². The van der Waals surface area contributed by atoms with Gasteiger partial charge in [0.1, 0.15) is 6.10 Å². The lowest BCUT2D eigenvalue weighted by Gasteiger charge is -2.29. The monoisotopic (exact) mass is 173 g/mol. The number of esters is 1. The molecular weight excluding hydrogens is 158 g/mol. The zero-order valence-corrected chi connectivity index (χ0v) is 7.50. The molecule has 70 valence electrons. The standard InChI is InChI=1S/C8H15NO3/c1-8(2,5-9)7(10)12-6-3-11-4-6/h6H,3-5,9H2,1-2H3. The Kier molecular flexibility index (Phi) is 2.69. The molecule has 4 heteroatoms. The molecule has 0 atom stereocenters. The van der Waals surface area contributed by atoms with Crippen LogP contribution in [0.25, 0.3) is 0 Å². The summed E-state index contributed by atoms with van der Waals surface area (Å²) in [5.74, 6) is -0.238. The van der Waals surface area contributed by atoms with Gasteiger partial charge in [-0.3, -0.25) is 4.79 Å². The van der Waals surface area contributed by atoms with Gasteiger partial charge in [-0.2, -0.15) is 0 Å². The van der Waals surface area contributed by atoms with Crippen LogP contribution in [0.3, 0.4) is 0 Å². The molecule has 0 unspecified atom stereocenters. The van der Waals surface area contributed by atoms with E-state index in [-0.39, 0.29) is 12.1 Å². The first-order valence-corrected chi connectivity index (χ1v) is 4.05. The van der Waals surface area contributed by atoms with Crippen LogP contribution >= 0.6 is 0 Å². The maximum absolute atomic E-state index is 11.3. The fourth-order valence-corrected chi connectivity index (χ4v) is 0.676. The Bertz CT molecular complexity index is 175. The van der Waals surface area contributed by atoms with Gasteiger partial charge in [-0.1, -0.05) is 0 Å². The molecule has 0 aromatic heterocycles. The molecule has 12 heavy (non-hydrogen) atoms. The summed E-state index contributed by atoms with van der Waals surface area (Å²) in [5.41, 5.74) is 4.84. The van der Waals surface area contributed by atoms with Gasteiger partial charge in [-0.05, 0) is 13.8 Å². The van der Waals surface area contributed by atoms with Gasteiger partial charge >= 0.3 is 5.97 Å². The maximum Gasteiger partial charge on any atom is 0.313 e. The first-order chi connectivity index (χ1) is 5.56. The highest BCUT2D eigenvalue weighted by molar-refractivity contribution is 5.76. The van der Waals surface area contributed by atoms with E-state index in [9.17, 15) is 4.79 Å². The lowest BCUT2D eigenvalue weighted by Crippen LogP contribution is -2.43. The highest BCUT2D eigenvalue weighted by Crippen LogP contribution is 2.18. The average molecular weight is 173 g/mol. The van der Waals surface area contributed by atoms with E-state index in [2.05, 4.69) is 0 Å². The summed E-state index contributed by atoms with van der Waals surface area (Å²) in [4.78, 5) is 11.3. The number of carbonyl (C=O) groups excluding carboxylic acids is 1. The molecule has 0 amide bonds. The molecule has 1 rings (SSSR count). The third-order valence-corrected chi connectivity index (χ3v) is 1.94. The van der Waals surface area contributed by atoms with Crippen molar-refractivity contribution in [3.8, 4) is 0 Å². The molecule has 4 nitrogen and oxygen atoms in total. The van der Waals surface area contributed by atoms with E-state index in [1.54, 1.807) is 13.8 Å². The second-order valence-corrected chi connectivity index (χ2v) is 3.65.